The van der Waals surface area contributed by atoms with Crippen LogP contribution in [0.4, 0.5) is 4.39 Å². The molecule has 0 aromatic heterocycles. The fraction of sp³-hybridized carbons (Fsp3) is 0.100. The maximum atomic E-state index is 14.0. The highest BCUT2D eigenvalue weighted by atomic mass is 79.9. The first-order valence-corrected chi connectivity index (χ1v) is 8.40. The van der Waals surface area contributed by atoms with Gasteiger partial charge in [-0.3, -0.25) is 0 Å². The Kier molecular flexibility index (Phi) is 5.28. The largest absolute Gasteiger partial charge is 0.489 e. The summed E-state index contributed by atoms with van der Waals surface area (Å²) in [6, 6.07) is 21.6. The van der Waals surface area contributed by atoms with Crippen LogP contribution in [0.15, 0.2) is 77.3 Å². The van der Waals surface area contributed by atoms with Gasteiger partial charge in [0.1, 0.15) is 18.2 Å². The van der Waals surface area contributed by atoms with Crippen LogP contribution in [0.1, 0.15) is 22.7 Å². The van der Waals surface area contributed by atoms with Crippen LogP contribution < -0.4 is 10.5 Å². The molecule has 24 heavy (non-hydrogen) atoms. The van der Waals surface area contributed by atoms with Gasteiger partial charge in [0, 0.05) is 10.0 Å². The third-order valence-electron chi connectivity index (χ3n) is 3.76. The van der Waals surface area contributed by atoms with E-state index in [1.54, 1.807) is 12.1 Å². The summed E-state index contributed by atoms with van der Waals surface area (Å²) in [5, 5.41) is 0. The van der Waals surface area contributed by atoms with Crippen molar-refractivity contribution in [2.75, 3.05) is 0 Å². The van der Waals surface area contributed by atoms with Gasteiger partial charge in [0.05, 0.1) is 6.04 Å². The lowest BCUT2D eigenvalue weighted by molar-refractivity contribution is 0.306. The third kappa shape index (κ3) is 4.02. The van der Waals surface area contributed by atoms with Crippen molar-refractivity contribution in [2.24, 2.45) is 5.73 Å². The molecule has 0 aliphatic carbocycles. The lowest BCUT2D eigenvalue weighted by atomic mass is 9.99. The molecular formula is C20H17BrFNO. The van der Waals surface area contributed by atoms with Crippen LogP contribution in [0.5, 0.6) is 5.75 Å². The minimum atomic E-state index is -0.553. The van der Waals surface area contributed by atoms with Gasteiger partial charge < -0.3 is 10.5 Å². The molecule has 2 N–H and O–H groups in total. The average Bonchev–Trinajstić information content (AvgIpc) is 2.62. The van der Waals surface area contributed by atoms with Crippen molar-refractivity contribution in [3.63, 3.8) is 0 Å². The topological polar surface area (TPSA) is 35.2 Å². The lowest BCUT2D eigenvalue weighted by Crippen LogP contribution is -2.13. The Morgan fingerprint density at radius 3 is 2.54 bits per heavy atom. The van der Waals surface area contributed by atoms with E-state index in [2.05, 4.69) is 15.9 Å². The monoisotopic (exact) mass is 385 g/mol. The van der Waals surface area contributed by atoms with Crippen molar-refractivity contribution in [1.82, 2.24) is 0 Å². The Bertz CT molecular complexity index is 823. The molecule has 0 spiro atoms. The summed E-state index contributed by atoms with van der Waals surface area (Å²) in [7, 11) is 0. The molecule has 0 radical (unpaired) electrons. The van der Waals surface area contributed by atoms with Crippen LogP contribution in [0.3, 0.4) is 0 Å². The molecule has 0 bridgehead atoms. The van der Waals surface area contributed by atoms with E-state index in [1.807, 2.05) is 54.6 Å². The van der Waals surface area contributed by atoms with Crippen LogP contribution in [-0.2, 0) is 6.61 Å². The van der Waals surface area contributed by atoms with Crippen LogP contribution in [0.2, 0.25) is 0 Å². The summed E-state index contributed by atoms with van der Waals surface area (Å²) in [4.78, 5) is 0. The van der Waals surface area contributed by atoms with Crippen molar-refractivity contribution in [1.29, 1.82) is 0 Å². The summed E-state index contributed by atoms with van der Waals surface area (Å²) in [5.74, 6) is 0.392. The van der Waals surface area contributed by atoms with Crippen molar-refractivity contribution < 1.29 is 9.13 Å². The number of benzene rings is 3. The molecule has 1 unspecified atom stereocenters. The van der Waals surface area contributed by atoms with Gasteiger partial charge in [0.2, 0.25) is 0 Å². The van der Waals surface area contributed by atoms with E-state index >= 15 is 0 Å². The zero-order valence-corrected chi connectivity index (χ0v) is 14.5. The molecule has 1 atom stereocenters. The number of hydrogen-bond acceptors (Lipinski definition) is 2. The molecular weight excluding hydrogens is 369 g/mol. The molecule has 0 saturated carbocycles. The Morgan fingerprint density at radius 2 is 1.75 bits per heavy atom. The molecule has 122 valence electrons. The normalized spacial score (nSPS) is 12.0. The molecule has 0 aliphatic rings. The second-order valence-electron chi connectivity index (χ2n) is 5.49. The standard InChI is InChI=1S/C20H17BrFNO/c21-16-9-10-19(22)18(12-16)20(23)15-7-4-8-17(11-15)24-13-14-5-2-1-3-6-14/h1-12,20H,13,23H2. The van der Waals surface area contributed by atoms with Crippen molar-refractivity contribution in [2.45, 2.75) is 12.6 Å². The van der Waals surface area contributed by atoms with E-state index in [1.165, 1.54) is 6.07 Å². The molecule has 4 heteroatoms. The van der Waals surface area contributed by atoms with Crippen molar-refractivity contribution in [3.8, 4) is 5.75 Å². The summed E-state index contributed by atoms with van der Waals surface area (Å²) in [6.45, 7) is 0.477. The summed E-state index contributed by atoms with van der Waals surface area (Å²) in [5.41, 5.74) is 8.59. The minimum Gasteiger partial charge on any atom is -0.489 e. The molecule has 0 aliphatic heterocycles. The highest BCUT2D eigenvalue weighted by Crippen LogP contribution is 2.27. The van der Waals surface area contributed by atoms with Crippen molar-refractivity contribution >= 4 is 15.9 Å². The summed E-state index contributed by atoms with van der Waals surface area (Å²) >= 11 is 3.36. The zero-order chi connectivity index (χ0) is 16.9. The summed E-state index contributed by atoms with van der Waals surface area (Å²) < 4.78 is 20.7. The quantitative estimate of drug-likeness (QED) is 0.653. The average molecular weight is 386 g/mol. The predicted octanol–water partition coefficient (Wildman–Crippen LogP) is 5.22. The highest BCUT2D eigenvalue weighted by Gasteiger charge is 2.14. The van der Waals surface area contributed by atoms with Gasteiger partial charge in [0.15, 0.2) is 0 Å². The number of rotatable bonds is 5. The molecule has 3 aromatic rings. The molecule has 0 heterocycles. The second kappa shape index (κ2) is 7.60. The molecule has 0 fully saturated rings. The van der Waals surface area contributed by atoms with Crippen LogP contribution >= 0.6 is 15.9 Å². The number of halogens is 2. The highest BCUT2D eigenvalue weighted by molar-refractivity contribution is 9.10. The van der Waals surface area contributed by atoms with Gasteiger partial charge in [0.25, 0.3) is 0 Å². The van der Waals surface area contributed by atoms with Gasteiger partial charge >= 0.3 is 0 Å². The van der Waals surface area contributed by atoms with E-state index in [9.17, 15) is 4.39 Å². The predicted molar refractivity (Wildman–Crippen MR) is 97.3 cm³/mol. The Hall–Kier alpha value is -2.17. The smallest absolute Gasteiger partial charge is 0.128 e. The van der Waals surface area contributed by atoms with E-state index in [-0.39, 0.29) is 5.82 Å². The first kappa shape index (κ1) is 16.7. The Labute approximate surface area is 149 Å². The Balaban J connectivity index is 1.78. The van der Waals surface area contributed by atoms with Gasteiger partial charge in [-0.05, 0) is 41.5 Å². The molecule has 3 rings (SSSR count). The van der Waals surface area contributed by atoms with Crippen LogP contribution in [-0.4, -0.2) is 0 Å². The van der Waals surface area contributed by atoms with Crippen LogP contribution in [0.25, 0.3) is 0 Å². The first-order valence-electron chi connectivity index (χ1n) is 7.61. The van der Waals surface area contributed by atoms with Gasteiger partial charge in [-0.2, -0.15) is 0 Å². The van der Waals surface area contributed by atoms with E-state index in [0.717, 1.165) is 15.6 Å². The number of ether oxygens (including phenoxy) is 1. The molecule has 0 amide bonds. The lowest BCUT2D eigenvalue weighted by Gasteiger charge is -2.15. The fourth-order valence-corrected chi connectivity index (χ4v) is 2.85. The van der Waals surface area contributed by atoms with Crippen molar-refractivity contribution in [3.05, 3.63) is 99.8 Å². The second-order valence-corrected chi connectivity index (χ2v) is 6.41. The van der Waals surface area contributed by atoms with Gasteiger partial charge in [-0.25, -0.2) is 4.39 Å². The third-order valence-corrected chi connectivity index (χ3v) is 4.25. The first-order chi connectivity index (χ1) is 11.6. The zero-order valence-electron chi connectivity index (χ0n) is 13.0. The van der Waals surface area contributed by atoms with Gasteiger partial charge in [-0.15, -0.1) is 0 Å². The van der Waals surface area contributed by atoms with Crippen LogP contribution in [0, 0.1) is 5.82 Å². The Morgan fingerprint density at radius 1 is 0.958 bits per heavy atom. The van der Waals surface area contributed by atoms with Gasteiger partial charge in [-0.1, -0.05) is 58.4 Å². The minimum absolute atomic E-state index is 0.318. The maximum Gasteiger partial charge on any atom is 0.128 e. The fourth-order valence-electron chi connectivity index (χ4n) is 2.47. The SMILES string of the molecule is NC(c1cccc(OCc2ccccc2)c1)c1cc(Br)ccc1F. The maximum absolute atomic E-state index is 14.0. The molecule has 0 saturated heterocycles. The van der Waals surface area contributed by atoms with E-state index in [0.29, 0.717) is 17.9 Å². The summed E-state index contributed by atoms with van der Waals surface area (Å²) in [6.07, 6.45) is 0. The number of hydrogen-bond donors (Lipinski definition) is 1. The van der Waals surface area contributed by atoms with E-state index < -0.39 is 6.04 Å². The molecule has 2 nitrogen and oxygen atoms in total. The molecule has 3 aromatic carbocycles. The van der Waals surface area contributed by atoms with E-state index in [4.69, 9.17) is 10.5 Å². The number of nitrogens with two attached hydrogens (primary N) is 1.